The van der Waals surface area contributed by atoms with Crippen molar-refractivity contribution in [1.82, 2.24) is 9.55 Å². The maximum Gasteiger partial charge on any atom is 0.449 e. The summed E-state index contributed by atoms with van der Waals surface area (Å²) >= 11 is 0. The van der Waals surface area contributed by atoms with E-state index in [1.54, 1.807) is 30.3 Å². The SMILES string of the molecule is Cc1ccc(N(CCc2ccc(C(F)(F)F)cc2)C(=O)Cn2c(C(F)(F)F)nc3ccccc32)cc1C. The van der Waals surface area contributed by atoms with Crippen LogP contribution in [-0.4, -0.2) is 22.0 Å². The van der Waals surface area contributed by atoms with Crippen LogP contribution in [-0.2, 0) is 30.1 Å². The Kier molecular flexibility index (Phi) is 7.03. The first-order valence-corrected chi connectivity index (χ1v) is 11.4. The van der Waals surface area contributed by atoms with Gasteiger partial charge in [0.1, 0.15) is 6.54 Å². The van der Waals surface area contributed by atoms with Crippen LogP contribution in [0.4, 0.5) is 32.0 Å². The number of aryl methyl sites for hydroxylation is 2. The lowest BCUT2D eigenvalue weighted by atomic mass is 10.1. The van der Waals surface area contributed by atoms with Crippen molar-refractivity contribution in [2.24, 2.45) is 0 Å². The fourth-order valence-electron chi connectivity index (χ4n) is 4.07. The number of carbonyl (C=O) groups is 1. The third kappa shape index (κ3) is 5.79. The quantitative estimate of drug-likeness (QED) is 0.258. The number of nitrogens with zero attached hydrogens (tertiary/aromatic N) is 3. The number of imidazole rings is 1. The van der Waals surface area contributed by atoms with Crippen molar-refractivity contribution in [2.45, 2.75) is 39.2 Å². The summed E-state index contributed by atoms with van der Waals surface area (Å²) in [6.45, 7) is 3.18. The van der Waals surface area contributed by atoms with Crippen LogP contribution in [0.3, 0.4) is 0 Å². The molecule has 1 heterocycles. The zero-order valence-corrected chi connectivity index (χ0v) is 20.0. The van der Waals surface area contributed by atoms with Gasteiger partial charge in [0, 0.05) is 12.2 Å². The molecule has 194 valence electrons. The zero-order valence-electron chi connectivity index (χ0n) is 20.0. The van der Waals surface area contributed by atoms with E-state index in [1.165, 1.54) is 29.2 Å². The number of halogens is 6. The van der Waals surface area contributed by atoms with E-state index in [0.717, 1.165) is 27.8 Å². The third-order valence-corrected chi connectivity index (χ3v) is 6.21. The van der Waals surface area contributed by atoms with Crippen molar-refractivity contribution in [1.29, 1.82) is 0 Å². The van der Waals surface area contributed by atoms with E-state index < -0.39 is 36.2 Å². The van der Waals surface area contributed by atoms with Gasteiger partial charge in [-0.1, -0.05) is 30.3 Å². The molecule has 4 nitrogen and oxygen atoms in total. The van der Waals surface area contributed by atoms with Crippen molar-refractivity contribution in [3.63, 3.8) is 0 Å². The van der Waals surface area contributed by atoms with Gasteiger partial charge in [-0.2, -0.15) is 26.3 Å². The largest absolute Gasteiger partial charge is 0.449 e. The van der Waals surface area contributed by atoms with Gasteiger partial charge in [-0.15, -0.1) is 0 Å². The first-order chi connectivity index (χ1) is 17.3. The minimum absolute atomic E-state index is 0.0562. The average Bonchev–Trinajstić information content (AvgIpc) is 3.20. The molecule has 0 fully saturated rings. The van der Waals surface area contributed by atoms with Gasteiger partial charge in [-0.05, 0) is 73.4 Å². The monoisotopic (exact) mass is 519 g/mol. The third-order valence-electron chi connectivity index (χ3n) is 6.21. The van der Waals surface area contributed by atoms with E-state index in [-0.39, 0.29) is 24.0 Å². The minimum Gasteiger partial charge on any atom is -0.311 e. The Hall–Kier alpha value is -3.82. The zero-order chi connectivity index (χ0) is 27.0. The van der Waals surface area contributed by atoms with E-state index >= 15 is 0 Å². The van der Waals surface area contributed by atoms with E-state index in [2.05, 4.69) is 4.98 Å². The normalized spacial score (nSPS) is 12.2. The summed E-state index contributed by atoms with van der Waals surface area (Å²) < 4.78 is 80.8. The fraction of sp³-hybridized carbons (Fsp3) is 0.259. The van der Waals surface area contributed by atoms with Crippen LogP contribution < -0.4 is 4.90 Å². The molecule has 0 radical (unpaired) electrons. The summed E-state index contributed by atoms with van der Waals surface area (Å²) in [6.07, 6.45) is -9.04. The summed E-state index contributed by atoms with van der Waals surface area (Å²) in [7, 11) is 0. The first-order valence-electron chi connectivity index (χ1n) is 11.4. The van der Waals surface area contributed by atoms with Crippen molar-refractivity contribution in [3.8, 4) is 0 Å². The number of aromatic nitrogens is 2. The number of carbonyl (C=O) groups excluding carboxylic acids is 1. The Labute approximate surface area is 209 Å². The molecule has 0 aliphatic heterocycles. The predicted molar refractivity (Wildman–Crippen MR) is 128 cm³/mol. The Morgan fingerprint density at radius 2 is 1.54 bits per heavy atom. The topological polar surface area (TPSA) is 38.1 Å². The highest BCUT2D eigenvalue weighted by molar-refractivity contribution is 5.94. The molecule has 3 aromatic carbocycles. The number of hydrogen-bond donors (Lipinski definition) is 0. The maximum atomic E-state index is 13.8. The molecule has 0 spiro atoms. The van der Waals surface area contributed by atoms with Crippen LogP contribution in [0, 0.1) is 13.8 Å². The van der Waals surface area contributed by atoms with E-state index in [4.69, 9.17) is 0 Å². The van der Waals surface area contributed by atoms with Gasteiger partial charge in [0.05, 0.1) is 16.6 Å². The molecular formula is C27H23F6N3O. The lowest BCUT2D eigenvalue weighted by molar-refractivity contribution is -0.147. The molecule has 0 N–H and O–H groups in total. The van der Waals surface area contributed by atoms with Gasteiger partial charge in [0.2, 0.25) is 11.7 Å². The lowest BCUT2D eigenvalue weighted by Crippen LogP contribution is -2.36. The number of para-hydroxylation sites is 2. The molecule has 0 bridgehead atoms. The molecule has 0 aliphatic carbocycles. The molecule has 1 aromatic heterocycles. The van der Waals surface area contributed by atoms with Crippen molar-refractivity contribution >= 4 is 22.6 Å². The summed E-state index contributed by atoms with van der Waals surface area (Å²) in [5.74, 6) is -1.78. The Morgan fingerprint density at radius 1 is 0.865 bits per heavy atom. The molecule has 4 aromatic rings. The molecular weight excluding hydrogens is 496 g/mol. The van der Waals surface area contributed by atoms with Gasteiger partial charge in [0.25, 0.3) is 0 Å². The lowest BCUT2D eigenvalue weighted by Gasteiger charge is -2.25. The van der Waals surface area contributed by atoms with E-state index in [9.17, 15) is 31.1 Å². The minimum atomic E-state index is -4.77. The van der Waals surface area contributed by atoms with Crippen molar-refractivity contribution in [2.75, 3.05) is 11.4 Å². The second-order valence-corrected chi connectivity index (χ2v) is 8.77. The number of amides is 1. The molecule has 0 atom stereocenters. The van der Waals surface area contributed by atoms with Gasteiger partial charge in [-0.3, -0.25) is 4.79 Å². The van der Waals surface area contributed by atoms with E-state index in [1.807, 2.05) is 13.8 Å². The van der Waals surface area contributed by atoms with Gasteiger partial charge < -0.3 is 9.47 Å². The molecule has 10 heteroatoms. The van der Waals surface area contributed by atoms with Gasteiger partial charge in [0.15, 0.2) is 0 Å². The number of anilines is 1. The van der Waals surface area contributed by atoms with Crippen molar-refractivity contribution < 1.29 is 31.1 Å². The van der Waals surface area contributed by atoms with Crippen LogP contribution in [0.2, 0.25) is 0 Å². The van der Waals surface area contributed by atoms with Crippen LogP contribution in [0.25, 0.3) is 11.0 Å². The van der Waals surface area contributed by atoms with Crippen LogP contribution in [0.15, 0.2) is 66.7 Å². The fourth-order valence-corrected chi connectivity index (χ4v) is 4.07. The summed E-state index contributed by atoms with van der Waals surface area (Å²) in [4.78, 5) is 18.6. The maximum absolute atomic E-state index is 13.8. The molecule has 4 rings (SSSR count). The van der Waals surface area contributed by atoms with Gasteiger partial charge in [-0.25, -0.2) is 4.98 Å². The number of alkyl halides is 6. The highest BCUT2D eigenvalue weighted by Crippen LogP contribution is 2.32. The van der Waals surface area contributed by atoms with Crippen molar-refractivity contribution in [3.05, 3.63) is 94.8 Å². The first kappa shape index (κ1) is 26.2. The molecule has 0 unspecified atom stereocenters. The standard InChI is InChI=1S/C27H23F6N3O/c1-17-7-12-21(15-18(17)2)35(14-13-19-8-10-20(11-9-19)26(28,29)30)24(37)16-36-23-6-4-3-5-22(23)34-25(36)27(31,32)33/h3-12,15H,13-14,16H2,1-2H3. The Morgan fingerprint density at radius 3 is 2.16 bits per heavy atom. The van der Waals surface area contributed by atoms with Crippen LogP contribution in [0.5, 0.6) is 0 Å². The Balaban J connectivity index is 1.66. The number of hydrogen-bond acceptors (Lipinski definition) is 2. The predicted octanol–water partition coefficient (Wildman–Crippen LogP) is 6.97. The number of rotatable bonds is 6. The highest BCUT2D eigenvalue weighted by atomic mass is 19.4. The number of fused-ring (bicyclic) bond motifs is 1. The highest BCUT2D eigenvalue weighted by Gasteiger charge is 2.38. The average molecular weight is 519 g/mol. The smallest absolute Gasteiger partial charge is 0.311 e. The molecule has 37 heavy (non-hydrogen) atoms. The van der Waals surface area contributed by atoms with E-state index in [0.29, 0.717) is 11.3 Å². The Bertz CT molecular complexity index is 1420. The van der Waals surface area contributed by atoms with Crippen LogP contribution in [0.1, 0.15) is 28.1 Å². The van der Waals surface area contributed by atoms with Crippen LogP contribution >= 0.6 is 0 Å². The second-order valence-electron chi connectivity index (χ2n) is 8.77. The summed E-state index contributed by atoms with van der Waals surface area (Å²) in [6, 6.07) is 15.9. The molecule has 0 aliphatic rings. The summed E-state index contributed by atoms with van der Waals surface area (Å²) in [5.41, 5.74) is 2.39. The van der Waals surface area contributed by atoms with Gasteiger partial charge >= 0.3 is 12.4 Å². The molecule has 0 saturated heterocycles. The molecule has 0 saturated carbocycles. The number of benzene rings is 3. The summed E-state index contributed by atoms with van der Waals surface area (Å²) in [5, 5.41) is 0. The second kappa shape index (κ2) is 9.91. The molecule has 1 amide bonds.